The Balaban J connectivity index is 1.45. The highest BCUT2D eigenvalue weighted by atomic mass is 32.2. The van der Waals surface area contributed by atoms with E-state index in [2.05, 4.69) is 26.1 Å². The van der Waals surface area contributed by atoms with Crippen molar-refractivity contribution in [1.29, 1.82) is 0 Å². The van der Waals surface area contributed by atoms with Crippen LogP contribution >= 0.6 is 0 Å². The third-order valence-corrected chi connectivity index (χ3v) is 7.35. The zero-order valence-electron chi connectivity index (χ0n) is 22.9. The summed E-state index contributed by atoms with van der Waals surface area (Å²) in [5.74, 6) is 0.459. The van der Waals surface area contributed by atoms with E-state index in [9.17, 15) is 18.0 Å². The second-order valence-electron chi connectivity index (χ2n) is 10.5. The van der Waals surface area contributed by atoms with Crippen LogP contribution in [-0.4, -0.2) is 32.9 Å². The molecule has 0 atom stereocenters. The second-order valence-corrected chi connectivity index (χ2v) is 12.4. The van der Waals surface area contributed by atoms with Crippen molar-refractivity contribution < 1.29 is 22.7 Å². The normalized spacial score (nSPS) is 11.5. The fraction of sp³-hybridized carbons (Fsp3) is 0.188. The molecule has 8 heteroatoms. The van der Waals surface area contributed by atoms with Crippen LogP contribution in [0.4, 0.5) is 11.4 Å². The first kappa shape index (κ1) is 28.6. The standard InChI is InChI=1S/C32H32N2O5S/c1-32(2,3)25-15-13-23(14-16-25)31(36)24-9-8-10-26(21-24)33-30(35)22-34(40(4,37)38)27-17-19-29(20-18-27)39-28-11-6-5-7-12-28/h5-21H,22H2,1-4H3,(H,33,35). The number of ketones is 1. The molecule has 0 aliphatic carbocycles. The van der Waals surface area contributed by atoms with Crippen LogP contribution in [0.2, 0.25) is 0 Å². The maximum Gasteiger partial charge on any atom is 0.245 e. The number of anilines is 2. The Hall–Kier alpha value is -4.43. The first-order chi connectivity index (χ1) is 18.9. The van der Waals surface area contributed by atoms with E-state index in [0.29, 0.717) is 34.0 Å². The molecular formula is C32H32N2O5S. The van der Waals surface area contributed by atoms with Crippen LogP contribution in [0.15, 0.2) is 103 Å². The van der Waals surface area contributed by atoms with Crippen LogP contribution in [0.25, 0.3) is 0 Å². The number of rotatable bonds is 9. The van der Waals surface area contributed by atoms with Crippen LogP contribution in [0.3, 0.4) is 0 Å². The molecule has 0 heterocycles. The average Bonchev–Trinajstić information content (AvgIpc) is 2.92. The van der Waals surface area contributed by atoms with Gasteiger partial charge in [0.15, 0.2) is 5.78 Å². The summed E-state index contributed by atoms with van der Waals surface area (Å²) in [6, 6.07) is 29.7. The van der Waals surface area contributed by atoms with E-state index in [1.807, 2.05) is 42.5 Å². The van der Waals surface area contributed by atoms with E-state index < -0.39 is 22.5 Å². The molecule has 1 amide bonds. The summed E-state index contributed by atoms with van der Waals surface area (Å²) in [5, 5.41) is 2.71. The smallest absolute Gasteiger partial charge is 0.245 e. The van der Waals surface area contributed by atoms with Gasteiger partial charge in [-0.25, -0.2) is 8.42 Å². The molecule has 206 valence electrons. The fourth-order valence-corrected chi connectivity index (χ4v) is 4.92. The average molecular weight is 557 g/mol. The molecule has 1 N–H and O–H groups in total. The van der Waals surface area contributed by atoms with Crippen LogP contribution < -0.4 is 14.4 Å². The summed E-state index contributed by atoms with van der Waals surface area (Å²) in [6.45, 7) is 5.88. The highest BCUT2D eigenvalue weighted by Crippen LogP contribution is 2.26. The molecule has 0 unspecified atom stereocenters. The van der Waals surface area contributed by atoms with Crippen molar-refractivity contribution in [3.05, 3.63) is 120 Å². The van der Waals surface area contributed by atoms with E-state index in [-0.39, 0.29) is 11.2 Å². The zero-order chi connectivity index (χ0) is 28.9. The number of benzene rings is 4. The number of hydrogen-bond donors (Lipinski definition) is 1. The lowest BCUT2D eigenvalue weighted by Crippen LogP contribution is -2.37. The van der Waals surface area contributed by atoms with Gasteiger partial charge in [-0.2, -0.15) is 0 Å². The predicted molar refractivity (Wildman–Crippen MR) is 159 cm³/mol. The molecule has 0 saturated carbocycles. The molecule has 4 aromatic rings. The van der Waals surface area contributed by atoms with E-state index in [0.717, 1.165) is 16.1 Å². The van der Waals surface area contributed by atoms with Crippen molar-refractivity contribution in [2.45, 2.75) is 26.2 Å². The molecule has 4 aromatic carbocycles. The van der Waals surface area contributed by atoms with Gasteiger partial charge in [-0.05, 0) is 59.5 Å². The minimum absolute atomic E-state index is 0.0242. The van der Waals surface area contributed by atoms with Gasteiger partial charge in [0, 0.05) is 16.8 Å². The van der Waals surface area contributed by atoms with Gasteiger partial charge in [0.05, 0.1) is 11.9 Å². The predicted octanol–water partition coefficient (Wildman–Crippen LogP) is 6.41. The van der Waals surface area contributed by atoms with Gasteiger partial charge >= 0.3 is 0 Å². The van der Waals surface area contributed by atoms with Gasteiger partial charge in [0.2, 0.25) is 15.9 Å². The molecular weight excluding hydrogens is 524 g/mol. The first-order valence-electron chi connectivity index (χ1n) is 12.8. The van der Waals surface area contributed by atoms with Gasteiger partial charge in [-0.1, -0.05) is 75.4 Å². The maximum absolute atomic E-state index is 13.1. The number of nitrogens with zero attached hydrogens (tertiary/aromatic N) is 1. The second kappa shape index (κ2) is 11.8. The summed E-state index contributed by atoms with van der Waals surface area (Å²) in [6.07, 6.45) is 1.04. The molecule has 0 fully saturated rings. The number of carbonyl (C=O) groups excluding carboxylic acids is 2. The number of carbonyl (C=O) groups is 2. The number of para-hydroxylation sites is 1. The van der Waals surface area contributed by atoms with Crippen molar-refractivity contribution in [3.8, 4) is 11.5 Å². The van der Waals surface area contributed by atoms with Crippen LogP contribution in [0.5, 0.6) is 11.5 Å². The quantitative estimate of drug-likeness (QED) is 0.241. The Morgan fingerprint density at radius 3 is 2.00 bits per heavy atom. The molecule has 0 bridgehead atoms. The summed E-state index contributed by atoms with van der Waals surface area (Å²) in [7, 11) is -3.77. The van der Waals surface area contributed by atoms with E-state index in [1.54, 1.807) is 60.7 Å². The molecule has 40 heavy (non-hydrogen) atoms. The number of nitrogens with one attached hydrogen (secondary N) is 1. The van der Waals surface area contributed by atoms with Crippen LogP contribution in [0.1, 0.15) is 42.3 Å². The Bertz CT molecular complexity index is 1590. The highest BCUT2D eigenvalue weighted by molar-refractivity contribution is 7.92. The molecule has 0 radical (unpaired) electrons. The van der Waals surface area contributed by atoms with E-state index in [4.69, 9.17) is 4.74 Å². The van der Waals surface area contributed by atoms with Gasteiger partial charge in [-0.15, -0.1) is 0 Å². The number of hydrogen-bond acceptors (Lipinski definition) is 5. The van der Waals surface area contributed by atoms with Crippen molar-refractivity contribution in [1.82, 2.24) is 0 Å². The lowest BCUT2D eigenvalue weighted by Gasteiger charge is -2.22. The van der Waals surface area contributed by atoms with Crippen molar-refractivity contribution in [2.24, 2.45) is 0 Å². The first-order valence-corrected chi connectivity index (χ1v) is 14.6. The minimum Gasteiger partial charge on any atom is -0.457 e. The van der Waals surface area contributed by atoms with Gasteiger partial charge in [-0.3, -0.25) is 13.9 Å². The third kappa shape index (κ3) is 7.36. The molecule has 4 rings (SSSR count). The van der Waals surface area contributed by atoms with Crippen LogP contribution in [0, 0.1) is 0 Å². The summed E-state index contributed by atoms with van der Waals surface area (Å²) in [5.41, 5.74) is 2.76. The number of amides is 1. The molecule has 7 nitrogen and oxygen atoms in total. The fourth-order valence-electron chi connectivity index (χ4n) is 4.06. The Morgan fingerprint density at radius 1 is 0.775 bits per heavy atom. The Kier molecular flexibility index (Phi) is 8.40. The Morgan fingerprint density at radius 2 is 1.40 bits per heavy atom. The summed E-state index contributed by atoms with van der Waals surface area (Å²) < 4.78 is 31.9. The van der Waals surface area contributed by atoms with Crippen LogP contribution in [-0.2, 0) is 20.2 Å². The number of sulfonamides is 1. The lowest BCUT2D eigenvalue weighted by atomic mass is 9.86. The van der Waals surface area contributed by atoms with Crippen molar-refractivity contribution in [3.63, 3.8) is 0 Å². The van der Waals surface area contributed by atoms with Gasteiger partial charge < -0.3 is 10.1 Å². The SMILES string of the molecule is CC(C)(C)c1ccc(C(=O)c2cccc(NC(=O)CN(c3ccc(Oc4ccccc4)cc3)S(C)(=O)=O)c2)cc1. The van der Waals surface area contributed by atoms with Crippen molar-refractivity contribution >= 4 is 33.1 Å². The maximum atomic E-state index is 13.1. The minimum atomic E-state index is -3.77. The highest BCUT2D eigenvalue weighted by Gasteiger charge is 2.22. The van der Waals surface area contributed by atoms with E-state index >= 15 is 0 Å². The lowest BCUT2D eigenvalue weighted by molar-refractivity contribution is -0.114. The topological polar surface area (TPSA) is 92.8 Å². The van der Waals surface area contributed by atoms with Gasteiger partial charge in [0.1, 0.15) is 18.0 Å². The molecule has 0 aliphatic heterocycles. The largest absolute Gasteiger partial charge is 0.457 e. The molecule has 0 aliphatic rings. The molecule has 0 saturated heterocycles. The van der Waals surface area contributed by atoms with E-state index in [1.165, 1.54) is 0 Å². The van der Waals surface area contributed by atoms with Crippen molar-refractivity contribution in [2.75, 3.05) is 22.4 Å². The summed E-state index contributed by atoms with van der Waals surface area (Å²) >= 11 is 0. The van der Waals surface area contributed by atoms with Gasteiger partial charge in [0.25, 0.3) is 0 Å². The third-order valence-electron chi connectivity index (χ3n) is 6.21. The zero-order valence-corrected chi connectivity index (χ0v) is 23.7. The monoisotopic (exact) mass is 556 g/mol. The molecule has 0 spiro atoms. The summed E-state index contributed by atoms with van der Waals surface area (Å²) in [4.78, 5) is 26.0. The Labute approximate surface area is 235 Å². The number of ether oxygens (including phenoxy) is 1. The molecule has 0 aromatic heterocycles.